The van der Waals surface area contributed by atoms with Gasteiger partial charge in [0, 0.05) is 31.1 Å². The SMILES string of the molecule is CSc1ccc([C@H]2C(C(=O)OC(C)C)=C(C)N=c3s/c(=C\c4cc(Cl)ccc4OCc4ccc(Cl)cc4Cl)c(=O)n32)cc1. The van der Waals surface area contributed by atoms with Crippen LogP contribution >= 0.6 is 57.9 Å². The number of esters is 1. The first-order valence-electron chi connectivity index (χ1n) is 13.3. The normalized spacial score (nSPS) is 15.0. The molecule has 1 aromatic heterocycles. The predicted molar refractivity (Wildman–Crippen MR) is 175 cm³/mol. The van der Waals surface area contributed by atoms with Crippen molar-refractivity contribution in [3.8, 4) is 5.75 Å². The molecule has 5 rings (SSSR count). The largest absolute Gasteiger partial charge is 0.488 e. The van der Waals surface area contributed by atoms with Gasteiger partial charge in [0.15, 0.2) is 4.80 Å². The molecule has 222 valence electrons. The highest BCUT2D eigenvalue weighted by atomic mass is 35.5. The van der Waals surface area contributed by atoms with Gasteiger partial charge in [0.2, 0.25) is 0 Å². The molecule has 0 unspecified atom stereocenters. The van der Waals surface area contributed by atoms with E-state index in [1.807, 2.05) is 30.5 Å². The lowest BCUT2D eigenvalue weighted by atomic mass is 9.96. The van der Waals surface area contributed by atoms with E-state index in [0.717, 1.165) is 16.0 Å². The molecule has 43 heavy (non-hydrogen) atoms. The van der Waals surface area contributed by atoms with Crippen molar-refractivity contribution < 1.29 is 14.3 Å². The summed E-state index contributed by atoms with van der Waals surface area (Å²) in [6, 6.07) is 17.5. The Bertz CT molecular complexity index is 1910. The van der Waals surface area contributed by atoms with E-state index in [-0.39, 0.29) is 18.3 Å². The first-order chi connectivity index (χ1) is 20.5. The van der Waals surface area contributed by atoms with Crippen molar-refractivity contribution in [2.75, 3.05) is 6.26 Å². The Morgan fingerprint density at radius 3 is 2.44 bits per heavy atom. The molecule has 0 spiro atoms. The molecule has 0 aliphatic carbocycles. The zero-order chi connectivity index (χ0) is 30.8. The summed E-state index contributed by atoms with van der Waals surface area (Å²) in [5.41, 5.74) is 2.69. The Hall–Kier alpha value is -3.01. The molecule has 0 saturated carbocycles. The van der Waals surface area contributed by atoms with Crippen LogP contribution in [0.5, 0.6) is 5.75 Å². The van der Waals surface area contributed by atoms with Crippen molar-refractivity contribution in [2.45, 2.75) is 44.4 Å². The molecule has 1 aliphatic rings. The fourth-order valence-electron chi connectivity index (χ4n) is 4.66. The van der Waals surface area contributed by atoms with Gasteiger partial charge in [-0.3, -0.25) is 9.36 Å². The average Bonchev–Trinajstić information content (AvgIpc) is 3.26. The van der Waals surface area contributed by atoms with Gasteiger partial charge in [0.1, 0.15) is 12.4 Å². The maximum Gasteiger partial charge on any atom is 0.338 e. The number of fused-ring (bicyclic) bond motifs is 1. The van der Waals surface area contributed by atoms with Crippen LogP contribution in [0.4, 0.5) is 0 Å². The van der Waals surface area contributed by atoms with E-state index in [2.05, 4.69) is 4.99 Å². The number of thiazole rings is 1. The Morgan fingerprint density at radius 1 is 1.07 bits per heavy atom. The second kappa shape index (κ2) is 13.3. The van der Waals surface area contributed by atoms with E-state index in [0.29, 0.717) is 47.0 Å². The summed E-state index contributed by atoms with van der Waals surface area (Å²) in [5, 5.41) is 1.51. The molecular formula is C32H27Cl3N2O4S2. The van der Waals surface area contributed by atoms with Gasteiger partial charge in [0.25, 0.3) is 5.56 Å². The van der Waals surface area contributed by atoms with Crippen molar-refractivity contribution in [1.82, 2.24) is 4.57 Å². The number of rotatable bonds is 8. The first-order valence-corrected chi connectivity index (χ1v) is 16.5. The van der Waals surface area contributed by atoms with E-state index in [9.17, 15) is 9.59 Å². The highest BCUT2D eigenvalue weighted by molar-refractivity contribution is 7.98. The van der Waals surface area contributed by atoms with Crippen molar-refractivity contribution in [1.29, 1.82) is 0 Å². The number of hydrogen-bond donors (Lipinski definition) is 0. The van der Waals surface area contributed by atoms with Crippen LogP contribution in [0, 0.1) is 0 Å². The number of hydrogen-bond acceptors (Lipinski definition) is 7. The maximum absolute atomic E-state index is 14.1. The molecule has 11 heteroatoms. The Morgan fingerprint density at radius 2 is 1.77 bits per heavy atom. The lowest BCUT2D eigenvalue weighted by molar-refractivity contribution is -0.143. The lowest BCUT2D eigenvalue weighted by Crippen LogP contribution is -2.40. The average molecular weight is 674 g/mol. The number of halogens is 3. The molecule has 4 aromatic rings. The summed E-state index contributed by atoms with van der Waals surface area (Å²) < 4.78 is 13.7. The van der Waals surface area contributed by atoms with Crippen LogP contribution in [-0.2, 0) is 16.1 Å². The highest BCUT2D eigenvalue weighted by Gasteiger charge is 2.33. The molecule has 1 aliphatic heterocycles. The van der Waals surface area contributed by atoms with Gasteiger partial charge >= 0.3 is 5.97 Å². The van der Waals surface area contributed by atoms with Gasteiger partial charge in [-0.25, -0.2) is 9.79 Å². The minimum Gasteiger partial charge on any atom is -0.488 e. The topological polar surface area (TPSA) is 69.9 Å². The van der Waals surface area contributed by atoms with Crippen molar-refractivity contribution in [2.24, 2.45) is 4.99 Å². The molecule has 0 radical (unpaired) electrons. The molecule has 2 heterocycles. The van der Waals surface area contributed by atoms with Crippen LogP contribution < -0.4 is 19.6 Å². The van der Waals surface area contributed by atoms with E-state index in [1.165, 1.54) is 11.3 Å². The summed E-state index contributed by atoms with van der Waals surface area (Å²) in [6.45, 7) is 5.53. The molecule has 0 fully saturated rings. The van der Waals surface area contributed by atoms with Crippen LogP contribution in [0.1, 0.15) is 43.5 Å². The molecule has 0 bridgehead atoms. The molecule has 0 amide bonds. The van der Waals surface area contributed by atoms with Crippen LogP contribution in [0.15, 0.2) is 86.6 Å². The van der Waals surface area contributed by atoms with E-state index in [4.69, 9.17) is 44.3 Å². The van der Waals surface area contributed by atoms with Crippen LogP contribution in [0.3, 0.4) is 0 Å². The second-order valence-corrected chi connectivity index (χ2v) is 13.2. The third-order valence-electron chi connectivity index (χ3n) is 6.67. The van der Waals surface area contributed by atoms with Gasteiger partial charge in [0.05, 0.1) is 27.9 Å². The van der Waals surface area contributed by atoms with Crippen molar-refractivity contribution in [3.05, 3.63) is 123 Å². The fourth-order valence-corrected chi connectivity index (χ4v) is 6.75. The molecule has 6 nitrogen and oxygen atoms in total. The molecule has 3 aromatic carbocycles. The quantitative estimate of drug-likeness (QED) is 0.144. The summed E-state index contributed by atoms with van der Waals surface area (Å²) >= 11 is 21.6. The Kier molecular flexibility index (Phi) is 9.73. The predicted octanol–water partition coefficient (Wildman–Crippen LogP) is 7.45. The minimum absolute atomic E-state index is 0.187. The van der Waals surface area contributed by atoms with Gasteiger partial charge in [-0.2, -0.15) is 0 Å². The zero-order valence-electron chi connectivity index (χ0n) is 23.7. The van der Waals surface area contributed by atoms with Crippen molar-refractivity contribution >= 4 is 69.9 Å². The van der Waals surface area contributed by atoms with Crippen LogP contribution in [0.25, 0.3) is 6.08 Å². The van der Waals surface area contributed by atoms with Crippen molar-refractivity contribution in [3.63, 3.8) is 0 Å². The smallest absolute Gasteiger partial charge is 0.338 e. The van der Waals surface area contributed by atoms with Gasteiger partial charge in [-0.1, -0.05) is 64.3 Å². The van der Waals surface area contributed by atoms with Crippen LogP contribution in [-0.4, -0.2) is 22.9 Å². The van der Waals surface area contributed by atoms with Gasteiger partial charge < -0.3 is 9.47 Å². The summed E-state index contributed by atoms with van der Waals surface area (Å²) in [4.78, 5) is 33.6. The lowest BCUT2D eigenvalue weighted by Gasteiger charge is -2.25. The standard InChI is InChI=1S/C32H27Cl3N2O4S2/c1-17(2)41-31(39)28-18(3)36-32-37(29(28)19-6-10-24(42-4)11-7-19)30(38)27(43-32)14-21-13-22(33)9-12-26(21)40-16-20-5-8-23(34)15-25(20)35/h5-15,17,29H,16H2,1-4H3/b27-14-/t29-/m0/s1. The zero-order valence-corrected chi connectivity index (χ0v) is 27.6. The molecular weight excluding hydrogens is 647 g/mol. The first kappa shape index (κ1) is 31.4. The van der Waals surface area contributed by atoms with Crippen LogP contribution in [0.2, 0.25) is 15.1 Å². The fraction of sp³-hybridized carbons (Fsp3) is 0.219. The Labute approximate surface area is 272 Å². The number of carbonyl (C=O) groups is 1. The summed E-state index contributed by atoms with van der Waals surface area (Å²) in [7, 11) is 0. The third-order valence-corrected chi connectivity index (χ3v) is 9.22. The summed E-state index contributed by atoms with van der Waals surface area (Å²) in [6.07, 6.45) is 3.39. The number of benzene rings is 3. The molecule has 0 N–H and O–H groups in total. The number of allylic oxidation sites excluding steroid dienone is 1. The third kappa shape index (κ3) is 6.89. The van der Waals surface area contributed by atoms with Gasteiger partial charge in [-0.05, 0) is 81.1 Å². The number of thioether (sulfide) groups is 1. The van der Waals surface area contributed by atoms with Gasteiger partial charge in [-0.15, -0.1) is 11.8 Å². The highest BCUT2D eigenvalue weighted by Crippen LogP contribution is 2.32. The molecule has 0 saturated heterocycles. The number of nitrogens with zero attached hydrogens (tertiary/aromatic N) is 2. The Balaban J connectivity index is 1.61. The van der Waals surface area contributed by atoms with E-state index >= 15 is 0 Å². The number of aromatic nitrogens is 1. The molecule has 1 atom stereocenters. The second-order valence-electron chi connectivity index (χ2n) is 10.0. The van der Waals surface area contributed by atoms with E-state index in [1.54, 1.807) is 79.6 Å². The maximum atomic E-state index is 14.1. The summed E-state index contributed by atoms with van der Waals surface area (Å²) in [5.74, 6) is 0.0127. The minimum atomic E-state index is -0.706. The number of ether oxygens (including phenoxy) is 2. The number of carbonyl (C=O) groups excluding carboxylic acids is 1. The monoisotopic (exact) mass is 672 g/mol. The van der Waals surface area contributed by atoms with E-state index < -0.39 is 12.0 Å².